The molecule has 4 nitrogen and oxygen atoms in total. The average molecular weight is 247 g/mol. The van der Waals surface area contributed by atoms with Crippen molar-refractivity contribution in [3.63, 3.8) is 0 Å². The van der Waals surface area contributed by atoms with Gasteiger partial charge in [0.2, 0.25) is 0 Å². The number of ketones is 1. The van der Waals surface area contributed by atoms with Crippen LogP contribution in [0.5, 0.6) is 0 Å². The smallest absolute Gasteiger partial charge is 0.405 e. The summed E-state index contributed by atoms with van der Waals surface area (Å²) in [7, 11) is 0. The maximum absolute atomic E-state index is 11.5. The van der Waals surface area contributed by atoms with E-state index in [0.717, 1.165) is 18.4 Å². The average Bonchev–Trinajstić information content (AvgIpc) is 2.37. The molecule has 1 aromatic carbocycles. The Balaban J connectivity index is 2.19. The predicted octanol–water partition coefficient (Wildman–Crippen LogP) is 2.58. The van der Waals surface area contributed by atoms with E-state index in [1.807, 2.05) is 30.3 Å². The Kier molecular flexibility index (Phi) is 3.97. The van der Waals surface area contributed by atoms with Crippen LogP contribution in [0.25, 0.3) is 0 Å². The van der Waals surface area contributed by atoms with E-state index >= 15 is 0 Å². The van der Waals surface area contributed by atoms with Crippen LogP contribution in [0.2, 0.25) is 0 Å². The molecule has 0 heterocycles. The maximum atomic E-state index is 11.5. The van der Waals surface area contributed by atoms with Crippen molar-refractivity contribution in [3.8, 4) is 0 Å². The molecule has 0 aromatic heterocycles. The normalized spacial score (nSPS) is 21.3. The molecule has 1 aliphatic carbocycles. The van der Waals surface area contributed by atoms with Crippen LogP contribution in [0.3, 0.4) is 0 Å². The number of nitrogens with two attached hydrogens (primary N) is 1. The topological polar surface area (TPSA) is 69.4 Å². The number of carbonyl (C=O) groups excluding carboxylic acids is 2. The van der Waals surface area contributed by atoms with E-state index < -0.39 is 12.2 Å². The van der Waals surface area contributed by atoms with Crippen LogP contribution >= 0.6 is 0 Å². The third-order valence-corrected chi connectivity index (χ3v) is 3.32. The number of carbonyl (C=O) groups is 2. The quantitative estimate of drug-likeness (QED) is 0.892. The van der Waals surface area contributed by atoms with Gasteiger partial charge in [0.15, 0.2) is 0 Å². The highest BCUT2D eigenvalue weighted by Crippen LogP contribution is 2.35. The third-order valence-electron chi connectivity index (χ3n) is 3.32. The lowest BCUT2D eigenvalue weighted by molar-refractivity contribution is -0.123. The van der Waals surface area contributed by atoms with Crippen LogP contribution in [0.15, 0.2) is 30.3 Å². The lowest BCUT2D eigenvalue weighted by atomic mass is 9.82. The zero-order valence-electron chi connectivity index (χ0n) is 10.2. The van der Waals surface area contributed by atoms with Crippen molar-refractivity contribution in [1.29, 1.82) is 0 Å². The second kappa shape index (κ2) is 5.67. The largest absolute Gasteiger partial charge is 0.441 e. The summed E-state index contributed by atoms with van der Waals surface area (Å²) in [5.74, 6) is 0.279. The highest BCUT2D eigenvalue weighted by atomic mass is 16.6. The molecule has 0 radical (unpaired) electrons. The number of amides is 1. The van der Waals surface area contributed by atoms with Gasteiger partial charge in [-0.1, -0.05) is 30.3 Å². The molecule has 2 unspecified atom stereocenters. The Bertz CT molecular complexity index is 430. The Hall–Kier alpha value is -1.84. The molecule has 96 valence electrons. The van der Waals surface area contributed by atoms with E-state index in [4.69, 9.17) is 10.5 Å². The molecule has 2 atom stereocenters. The number of ether oxygens (including phenoxy) is 1. The van der Waals surface area contributed by atoms with Gasteiger partial charge in [0.1, 0.15) is 11.9 Å². The molecule has 2 rings (SSSR count). The molecule has 1 aliphatic rings. The highest BCUT2D eigenvalue weighted by Gasteiger charge is 2.30. The first kappa shape index (κ1) is 12.6. The van der Waals surface area contributed by atoms with Crippen molar-refractivity contribution < 1.29 is 14.3 Å². The van der Waals surface area contributed by atoms with Gasteiger partial charge < -0.3 is 10.5 Å². The molecule has 0 aliphatic heterocycles. The minimum absolute atomic E-state index is 0.0427. The third kappa shape index (κ3) is 3.09. The van der Waals surface area contributed by atoms with E-state index in [2.05, 4.69) is 0 Å². The lowest BCUT2D eigenvalue weighted by Gasteiger charge is -2.29. The summed E-state index contributed by atoms with van der Waals surface area (Å²) in [5, 5.41) is 0. The summed E-state index contributed by atoms with van der Waals surface area (Å²) in [6.45, 7) is 0. The summed E-state index contributed by atoms with van der Waals surface area (Å²) in [6, 6.07) is 9.46. The Morgan fingerprint density at radius 1 is 1.33 bits per heavy atom. The van der Waals surface area contributed by atoms with Crippen LogP contribution in [-0.4, -0.2) is 11.9 Å². The number of rotatable bonds is 3. The van der Waals surface area contributed by atoms with Gasteiger partial charge >= 0.3 is 6.09 Å². The van der Waals surface area contributed by atoms with E-state index in [0.29, 0.717) is 12.8 Å². The van der Waals surface area contributed by atoms with E-state index in [9.17, 15) is 9.59 Å². The fourth-order valence-corrected chi connectivity index (χ4v) is 2.52. The van der Waals surface area contributed by atoms with Gasteiger partial charge in [-0.2, -0.15) is 0 Å². The molecule has 1 amide bonds. The second-order valence-electron chi connectivity index (χ2n) is 4.66. The van der Waals surface area contributed by atoms with Gasteiger partial charge in [-0.25, -0.2) is 4.79 Å². The van der Waals surface area contributed by atoms with Gasteiger partial charge in [0, 0.05) is 18.8 Å². The molecule has 0 spiro atoms. The van der Waals surface area contributed by atoms with Crippen molar-refractivity contribution in [1.82, 2.24) is 0 Å². The highest BCUT2D eigenvalue weighted by molar-refractivity contribution is 5.79. The number of Topliss-reactive ketones (excluding diaryl/α,β-unsaturated/α-hetero) is 1. The lowest BCUT2D eigenvalue weighted by Crippen LogP contribution is -2.27. The molecule has 1 saturated carbocycles. The predicted molar refractivity (Wildman–Crippen MR) is 66.8 cm³/mol. The first-order valence-corrected chi connectivity index (χ1v) is 6.19. The van der Waals surface area contributed by atoms with Gasteiger partial charge in [0.25, 0.3) is 0 Å². The molecule has 18 heavy (non-hydrogen) atoms. The molecular weight excluding hydrogens is 230 g/mol. The molecular formula is C14H17NO3. The fourth-order valence-electron chi connectivity index (χ4n) is 2.52. The summed E-state index contributed by atoms with van der Waals surface area (Å²) >= 11 is 0. The minimum Gasteiger partial charge on any atom is -0.441 e. The van der Waals surface area contributed by atoms with Crippen LogP contribution in [0, 0.1) is 5.92 Å². The molecule has 4 heteroatoms. The van der Waals surface area contributed by atoms with Crippen molar-refractivity contribution >= 4 is 11.9 Å². The minimum atomic E-state index is -0.790. The van der Waals surface area contributed by atoms with Crippen LogP contribution in [0.4, 0.5) is 4.79 Å². The molecule has 0 saturated heterocycles. The molecule has 1 fully saturated rings. The zero-order valence-corrected chi connectivity index (χ0v) is 10.2. The fraction of sp³-hybridized carbons (Fsp3) is 0.429. The number of benzene rings is 1. The Morgan fingerprint density at radius 3 is 2.67 bits per heavy atom. The first-order chi connectivity index (χ1) is 8.66. The van der Waals surface area contributed by atoms with E-state index in [1.54, 1.807) is 0 Å². The summed E-state index contributed by atoms with van der Waals surface area (Å²) in [5.41, 5.74) is 6.03. The maximum Gasteiger partial charge on any atom is 0.405 e. The molecule has 1 aromatic rings. The monoisotopic (exact) mass is 247 g/mol. The van der Waals surface area contributed by atoms with Crippen LogP contribution in [-0.2, 0) is 9.53 Å². The van der Waals surface area contributed by atoms with E-state index in [1.165, 1.54) is 0 Å². The van der Waals surface area contributed by atoms with Gasteiger partial charge in [-0.15, -0.1) is 0 Å². The number of primary amides is 1. The van der Waals surface area contributed by atoms with Gasteiger partial charge in [-0.3, -0.25) is 4.79 Å². The summed E-state index contributed by atoms with van der Waals surface area (Å²) < 4.78 is 5.21. The summed E-state index contributed by atoms with van der Waals surface area (Å²) in [4.78, 5) is 22.5. The molecule has 0 bridgehead atoms. The van der Waals surface area contributed by atoms with Crippen molar-refractivity contribution in [3.05, 3.63) is 35.9 Å². The van der Waals surface area contributed by atoms with Crippen molar-refractivity contribution in [2.75, 3.05) is 0 Å². The van der Waals surface area contributed by atoms with E-state index in [-0.39, 0.29) is 11.7 Å². The van der Waals surface area contributed by atoms with Crippen LogP contribution < -0.4 is 5.73 Å². The zero-order chi connectivity index (χ0) is 13.0. The standard InChI is InChI=1S/C14H17NO3/c15-14(17)18-13(10-5-2-1-3-6-10)11-7-4-8-12(16)9-11/h1-3,5-6,11,13H,4,7-9H2,(H2,15,17). The SMILES string of the molecule is NC(=O)OC(c1ccccc1)C1CCCC(=O)C1. The van der Waals surface area contributed by atoms with Gasteiger partial charge in [-0.05, 0) is 18.4 Å². The number of hydrogen-bond donors (Lipinski definition) is 1. The Labute approximate surface area is 106 Å². The molecule has 2 N–H and O–H groups in total. The van der Waals surface area contributed by atoms with Crippen LogP contribution in [0.1, 0.15) is 37.4 Å². The summed E-state index contributed by atoms with van der Waals surface area (Å²) in [6.07, 6.45) is 1.64. The Morgan fingerprint density at radius 2 is 2.06 bits per heavy atom. The van der Waals surface area contributed by atoms with Crippen molar-refractivity contribution in [2.45, 2.75) is 31.8 Å². The first-order valence-electron chi connectivity index (χ1n) is 6.19. The van der Waals surface area contributed by atoms with Gasteiger partial charge in [0.05, 0.1) is 0 Å². The number of hydrogen-bond acceptors (Lipinski definition) is 3. The van der Waals surface area contributed by atoms with Crippen molar-refractivity contribution in [2.24, 2.45) is 11.7 Å². The second-order valence-corrected chi connectivity index (χ2v) is 4.66.